The summed E-state index contributed by atoms with van der Waals surface area (Å²) in [6, 6.07) is 31.4. The van der Waals surface area contributed by atoms with Crippen LogP contribution >= 0.6 is 15.9 Å². The maximum atomic E-state index is 3.87. The fourth-order valence-electron chi connectivity index (χ4n) is 8.57. The third-order valence-corrected chi connectivity index (χ3v) is 10.8. The van der Waals surface area contributed by atoms with E-state index in [-0.39, 0.29) is 5.41 Å². The van der Waals surface area contributed by atoms with Crippen molar-refractivity contribution in [2.45, 2.75) is 81.5 Å². The molecule has 0 aliphatic heterocycles. The molecule has 4 aromatic rings. The molecule has 0 saturated heterocycles. The van der Waals surface area contributed by atoms with Gasteiger partial charge >= 0.3 is 0 Å². The first-order valence-electron chi connectivity index (χ1n) is 14.9. The van der Waals surface area contributed by atoms with E-state index in [1.807, 2.05) is 0 Å². The summed E-state index contributed by atoms with van der Waals surface area (Å²) in [4.78, 5) is 0. The molecule has 1 heteroatoms. The first-order valence-corrected chi connectivity index (χ1v) is 15.7. The maximum Gasteiger partial charge on any atom is 0.0726 e. The molecule has 4 aromatic carbocycles. The van der Waals surface area contributed by atoms with Crippen LogP contribution in [0.25, 0.3) is 22.3 Å². The van der Waals surface area contributed by atoms with Crippen LogP contribution in [0, 0.1) is 0 Å². The molecule has 0 unspecified atom stereocenters. The van der Waals surface area contributed by atoms with Gasteiger partial charge in [0.2, 0.25) is 0 Å². The van der Waals surface area contributed by atoms with Crippen molar-refractivity contribution < 1.29 is 0 Å². The van der Waals surface area contributed by atoms with Crippen molar-refractivity contribution in [2.75, 3.05) is 0 Å². The molecular formula is C37H35Br. The van der Waals surface area contributed by atoms with Crippen molar-refractivity contribution in [3.63, 3.8) is 0 Å². The molecule has 1 spiro atoms. The highest BCUT2D eigenvalue weighted by molar-refractivity contribution is 9.10. The summed E-state index contributed by atoms with van der Waals surface area (Å²) >= 11 is 3.87. The van der Waals surface area contributed by atoms with Crippen molar-refractivity contribution >= 4 is 15.9 Å². The summed E-state index contributed by atoms with van der Waals surface area (Å²) in [5.74, 6) is 1.40. The monoisotopic (exact) mass is 558 g/mol. The Morgan fingerprint density at radius 2 is 0.947 bits per heavy atom. The smallest absolute Gasteiger partial charge is 0.0619 e. The van der Waals surface area contributed by atoms with Crippen LogP contribution < -0.4 is 0 Å². The Labute approximate surface area is 235 Å². The largest absolute Gasteiger partial charge is 0.0726 e. The predicted molar refractivity (Wildman–Crippen MR) is 162 cm³/mol. The van der Waals surface area contributed by atoms with E-state index in [1.54, 1.807) is 11.1 Å². The minimum absolute atomic E-state index is 0.240. The van der Waals surface area contributed by atoms with Gasteiger partial charge < -0.3 is 0 Å². The predicted octanol–water partition coefficient (Wildman–Crippen LogP) is 10.9. The molecule has 0 amide bonds. The molecule has 38 heavy (non-hydrogen) atoms. The lowest BCUT2D eigenvalue weighted by atomic mass is 9.69. The lowest BCUT2D eigenvalue weighted by Crippen LogP contribution is -2.26. The van der Waals surface area contributed by atoms with E-state index in [1.165, 1.54) is 113 Å². The fraction of sp³-hybridized carbons (Fsp3) is 0.351. The van der Waals surface area contributed by atoms with Crippen LogP contribution in [0.3, 0.4) is 0 Å². The molecule has 4 aliphatic carbocycles. The van der Waals surface area contributed by atoms with Crippen LogP contribution in [-0.2, 0) is 5.41 Å². The van der Waals surface area contributed by atoms with E-state index < -0.39 is 0 Å². The van der Waals surface area contributed by atoms with E-state index in [0.717, 1.165) is 0 Å². The van der Waals surface area contributed by atoms with Gasteiger partial charge in [0.05, 0.1) is 5.41 Å². The summed E-state index contributed by atoms with van der Waals surface area (Å²) in [6.07, 6.45) is 13.6. The van der Waals surface area contributed by atoms with Gasteiger partial charge in [-0.15, -0.1) is 0 Å². The number of hydrogen-bond donors (Lipinski definition) is 0. The van der Waals surface area contributed by atoms with E-state index in [4.69, 9.17) is 0 Å². The van der Waals surface area contributed by atoms with E-state index in [2.05, 4.69) is 94.8 Å². The first kappa shape index (κ1) is 23.3. The fourth-order valence-corrected chi connectivity index (χ4v) is 8.93. The van der Waals surface area contributed by atoms with Crippen LogP contribution in [0.4, 0.5) is 0 Å². The number of fused-ring (bicyclic) bond motifs is 10. The van der Waals surface area contributed by atoms with Gasteiger partial charge in [0.15, 0.2) is 0 Å². The SMILES string of the molecule is Brc1ccc2c(c1)C1(c3ccccc3-2)c2cc(C3CCCCC3)ccc2-c2ccc(C3CCCCC3)cc21. The minimum Gasteiger partial charge on any atom is -0.0619 e. The third-order valence-electron chi connectivity index (χ3n) is 10.3. The van der Waals surface area contributed by atoms with Crippen LogP contribution in [0.5, 0.6) is 0 Å². The zero-order valence-electron chi connectivity index (χ0n) is 22.1. The van der Waals surface area contributed by atoms with Crippen LogP contribution in [-0.4, -0.2) is 0 Å². The van der Waals surface area contributed by atoms with Crippen molar-refractivity contribution in [2.24, 2.45) is 0 Å². The van der Waals surface area contributed by atoms with Crippen molar-refractivity contribution in [1.82, 2.24) is 0 Å². The molecule has 0 atom stereocenters. The maximum absolute atomic E-state index is 3.87. The van der Waals surface area contributed by atoms with E-state index in [9.17, 15) is 0 Å². The zero-order valence-corrected chi connectivity index (χ0v) is 23.7. The second kappa shape index (κ2) is 8.95. The van der Waals surface area contributed by atoms with Crippen LogP contribution in [0.2, 0.25) is 0 Å². The highest BCUT2D eigenvalue weighted by Gasteiger charge is 2.52. The Morgan fingerprint density at radius 1 is 0.474 bits per heavy atom. The standard InChI is InChI=1S/C37H35Br/c38-28-17-20-32-29-13-7-8-14-33(29)37(36(32)23-28)34-21-26(24-9-3-1-4-10-24)15-18-30(34)31-19-16-27(22-35(31)37)25-11-5-2-6-12-25/h7-8,13-25H,1-6,9-12H2. The highest BCUT2D eigenvalue weighted by Crippen LogP contribution is 2.63. The molecule has 0 N–H and O–H groups in total. The van der Waals surface area contributed by atoms with E-state index >= 15 is 0 Å². The average Bonchev–Trinajstić information content (AvgIpc) is 3.44. The summed E-state index contributed by atoms with van der Waals surface area (Å²) < 4.78 is 1.17. The van der Waals surface area contributed by atoms with Gasteiger partial charge in [-0.05, 0) is 105 Å². The van der Waals surface area contributed by atoms with Crippen molar-refractivity contribution in [3.05, 3.63) is 117 Å². The zero-order chi connectivity index (χ0) is 25.3. The van der Waals surface area contributed by atoms with Gasteiger partial charge in [-0.25, -0.2) is 0 Å². The normalized spacial score (nSPS) is 19.7. The second-order valence-corrected chi connectivity index (χ2v) is 13.2. The molecular weight excluding hydrogens is 524 g/mol. The Bertz CT molecular complexity index is 1480. The number of rotatable bonds is 2. The molecule has 8 rings (SSSR count). The first-order chi connectivity index (χ1) is 18.7. The summed E-state index contributed by atoms with van der Waals surface area (Å²) in [5.41, 5.74) is 14.5. The molecule has 0 radical (unpaired) electrons. The number of benzene rings is 4. The second-order valence-electron chi connectivity index (χ2n) is 12.3. The number of halogens is 1. The van der Waals surface area contributed by atoms with Gasteiger partial charge in [0.1, 0.15) is 0 Å². The molecule has 0 bridgehead atoms. The summed E-state index contributed by atoms with van der Waals surface area (Å²) in [6.45, 7) is 0. The molecule has 0 heterocycles. The molecule has 190 valence electrons. The van der Waals surface area contributed by atoms with Crippen LogP contribution in [0.15, 0.2) is 83.3 Å². The molecule has 2 saturated carbocycles. The summed E-state index contributed by atoms with van der Waals surface area (Å²) in [7, 11) is 0. The Morgan fingerprint density at radius 3 is 1.53 bits per heavy atom. The lowest BCUT2D eigenvalue weighted by Gasteiger charge is -2.32. The van der Waals surface area contributed by atoms with Crippen LogP contribution in [0.1, 0.15) is 109 Å². The number of hydrogen-bond acceptors (Lipinski definition) is 0. The Kier molecular flexibility index (Phi) is 5.48. The molecule has 0 aromatic heterocycles. The van der Waals surface area contributed by atoms with Gasteiger partial charge in [-0.1, -0.05) is 121 Å². The highest BCUT2D eigenvalue weighted by atomic mass is 79.9. The molecule has 0 nitrogen and oxygen atoms in total. The molecule has 4 aliphatic rings. The van der Waals surface area contributed by atoms with E-state index in [0.29, 0.717) is 11.8 Å². The van der Waals surface area contributed by atoms with Gasteiger partial charge in [-0.2, -0.15) is 0 Å². The average molecular weight is 560 g/mol. The van der Waals surface area contributed by atoms with Gasteiger partial charge in [0.25, 0.3) is 0 Å². The quantitative estimate of drug-likeness (QED) is 0.198. The Balaban J connectivity index is 1.43. The topological polar surface area (TPSA) is 0 Å². The summed E-state index contributed by atoms with van der Waals surface area (Å²) in [5, 5.41) is 0. The third kappa shape index (κ3) is 3.27. The lowest BCUT2D eigenvalue weighted by molar-refractivity contribution is 0.443. The van der Waals surface area contributed by atoms with Crippen molar-refractivity contribution in [3.8, 4) is 22.3 Å². The van der Waals surface area contributed by atoms with Gasteiger partial charge in [0, 0.05) is 4.47 Å². The Hall–Kier alpha value is -2.64. The molecule has 2 fully saturated rings. The van der Waals surface area contributed by atoms with Crippen molar-refractivity contribution in [1.29, 1.82) is 0 Å². The van der Waals surface area contributed by atoms with Gasteiger partial charge in [-0.3, -0.25) is 0 Å². The minimum atomic E-state index is -0.240.